The van der Waals surface area contributed by atoms with Crippen LogP contribution in [-0.2, 0) is 6.54 Å². The van der Waals surface area contributed by atoms with E-state index in [1.54, 1.807) is 11.1 Å². The number of rotatable bonds is 1. The highest BCUT2D eigenvalue weighted by molar-refractivity contribution is 5.96. The van der Waals surface area contributed by atoms with Gasteiger partial charge in [-0.25, -0.2) is 0 Å². The third-order valence-corrected chi connectivity index (χ3v) is 5.12. The van der Waals surface area contributed by atoms with Gasteiger partial charge in [0.15, 0.2) is 0 Å². The van der Waals surface area contributed by atoms with Gasteiger partial charge in [0.25, 0.3) is 0 Å². The summed E-state index contributed by atoms with van der Waals surface area (Å²) in [7, 11) is 0. The first-order valence-corrected chi connectivity index (χ1v) is 8.53. The average Bonchev–Trinajstić information content (AvgIpc) is 2.59. The zero-order valence-corrected chi connectivity index (χ0v) is 13.3. The van der Waals surface area contributed by atoms with E-state index in [2.05, 4.69) is 60.4 Å². The smallest absolute Gasteiger partial charge is 0.0445 e. The second kappa shape index (κ2) is 5.64. The Labute approximate surface area is 133 Å². The lowest BCUT2D eigenvalue weighted by Gasteiger charge is -2.33. The van der Waals surface area contributed by atoms with Gasteiger partial charge in [-0.1, -0.05) is 42.5 Å². The first-order valence-electron chi connectivity index (χ1n) is 8.53. The first-order chi connectivity index (χ1) is 10.9. The van der Waals surface area contributed by atoms with Crippen molar-refractivity contribution in [1.29, 1.82) is 0 Å². The Hall–Kier alpha value is -2.02. The maximum atomic E-state index is 2.52. The molecular formula is C21H23N. The van der Waals surface area contributed by atoms with E-state index in [1.807, 2.05) is 0 Å². The lowest BCUT2D eigenvalue weighted by atomic mass is 9.81. The minimum absolute atomic E-state index is 1.01. The van der Waals surface area contributed by atoms with E-state index < -0.39 is 0 Å². The lowest BCUT2D eigenvalue weighted by molar-refractivity contribution is 0.746. The zero-order valence-electron chi connectivity index (χ0n) is 13.3. The fraction of sp³-hybridized carbons (Fsp3) is 0.333. The summed E-state index contributed by atoms with van der Waals surface area (Å²) in [5, 5.41) is 0. The van der Waals surface area contributed by atoms with Crippen LogP contribution < -0.4 is 4.90 Å². The van der Waals surface area contributed by atoms with E-state index in [9.17, 15) is 0 Å². The van der Waals surface area contributed by atoms with Gasteiger partial charge in [0.2, 0.25) is 0 Å². The zero-order chi connectivity index (χ0) is 14.9. The number of allylic oxidation sites excluding steroid dienone is 2. The van der Waals surface area contributed by atoms with Crippen molar-refractivity contribution in [2.45, 2.75) is 39.2 Å². The third-order valence-electron chi connectivity index (χ3n) is 5.12. The SMILES string of the molecule is CCN1Cc2ccccc2C2=C(CCCC2)c2ccccc21. The fourth-order valence-electron chi connectivity index (χ4n) is 4.03. The van der Waals surface area contributed by atoms with Crippen molar-refractivity contribution in [1.82, 2.24) is 0 Å². The monoisotopic (exact) mass is 289 g/mol. The molecule has 1 nitrogen and oxygen atoms in total. The molecule has 2 aromatic carbocycles. The van der Waals surface area contributed by atoms with Gasteiger partial charge < -0.3 is 4.90 Å². The predicted molar refractivity (Wildman–Crippen MR) is 94.9 cm³/mol. The summed E-state index contributed by atoms with van der Waals surface area (Å²) in [5.74, 6) is 0. The highest BCUT2D eigenvalue weighted by Crippen LogP contribution is 2.44. The van der Waals surface area contributed by atoms with Crippen LogP contribution in [0, 0.1) is 0 Å². The Morgan fingerprint density at radius 3 is 2.23 bits per heavy atom. The van der Waals surface area contributed by atoms with E-state index in [0.717, 1.165) is 13.1 Å². The van der Waals surface area contributed by atoms with Crippen LogP contribution in [0.5, 0.6) is 0 Å². The second-order valence-electron chi connectivity index (χ2n) is 6.35. The van der Waals surface area contributed by atoms with Crippen LogP contribution in [0.1, 0.15) is 49.3 Å². The Bertz CT molecular complexity index is 726. The molecule has 112 valence electrons. The molecule has 0 fully saturated rings. The molecule has 0 saturated heterocycles. The maximum Gasteiger partial charge on any atom is 0.0445 e. The summed E-state index contributed by atoms with van der Waals surface area (Å²) in [6.07, 6.45) is 5.10. The fourth-order valence-corrected chi connectivity index (χ4v) is 4.03. The van der Waals surface area contributed by atoms with Crippen LogP contribution in [-0.4, -0.2) is 6.54 Å². The summed E-state index contributed by atoms with van der Waals surface area (Å²) in [6, 6.07) is 18.0. The van der Waals surface area contributed by atoms with Gasteiger partial charge in [-0.05, 0) is 60.9 Å². The summed E-state index contributed by atoms with van der Waals surface area (Å²) in [5.41, 5.74) is 9.04. The molecule has 1 heteroatoms. The van der Waals surface area contributed by atoms with Crippen molar-refractivity contribution in [3.8, 4) is 0 Å². The van der Waals surface area contributed by atoms with E-state index in [1.165, 1.54) is 48.1 Å². The molecule has 1 aliphatic carbocycles. The van der Waals surface area contributed by atoms with Gasteiger partial charge in [-0.15, -0.1) is 0 Å². The topological polar surface area (TPSA) is 3.24 Å². The number of anilines is 1. The molecule has 0 radical (unpaired) electrons. The van der Waals surface area contributed by atoms with Crippen molar-refractivity contribution in [2.75, 3.05) is 11.4 Å². The molecule has 0 amide bonds. The van der Waals surface area contributed by atoms with E-state index in [-0.39, 0.29) is 0 Å². The molecule has 2 aromatic rings. The largest absolute Gasteiger partial charge is 0.367 e. The predicted octanol–water partition coefficient (Wildman–Crippen LogP) is 5.51. The molecule has 0 unspecified atom stereocenters. The van der Waals surface area contributed by atoms with Gasteiger partial charge in [0.05, 0.1) is 0 Å². The molecule has 0 bridgehead atoms. The number of benzene rings is 2. The molecule has 0 atom stereocenters. The lowest BCUT2D eigenvalue weighted by Crippen LogP contribution is -2.25. The molecule has 2 aliphatic rings. The summed E-state index contributed by atoms with van der Waals surface area (Å²) in [4.78, 5) is 2.52. The quantitative estimate of drug-likeness (QED) is 0.669. The Morgan fingerprint density at radius 1 is 0.818 bits per heavy atom. The van der Waals surface area contributed by atoms with Crippen LogP contribution in [0.25, 0.3) is 11.1 Å². The van der Waals surface area contributed by atoms with Crippen LogP contribution in [0.15, 0.2) is 48.5 Å². The standard InChI is InChI=1S/C21H23N/c1-2-22-15-16-9-3-4-10-17(16)18-11-5-6-12-19(18)20-13-7-8-14-21(20)22/h3-4,7-10,13-14H,2,5-6,11-12,15H2,1H3. The number of hydrogen-bond acceptors (Lipinski definition) is 1. The van der Waals surface area contributed by atoms with Gasteiger partial charge in [-0.3, -0.25) is 0 Å². The van der Waals surface area contributed by atoms with Gasteiger partial charge in [-0.2, -0.15) is 0 Å². The molecule has 0 spiro atoms. The van der Waals surface area contributed by atoms with Crippen molar-refractivity contribution in [3.63, 3.8) is 0 Å². The minimum atomic E-state index is 1.01. The van der Waals surface area contributed by atoms with Gasteiger partial charge >= 0.3 is 0 Å². The average molecular weight is 289 g/mol. The number of fused-ring (bicyclic) bond motifs is 4. The van der Waals surface area contributed by atoms with Crippen LogP contribution in [0.2, 0.25) is 0 Å². The summed E-state index contributed by atoms with van der Waals surface area (Å²) in [6.45, 7) is 4.32. The number of para-hydroxylation sites is 1. The van der Waals surface area contributed by atoms with Crippen molar-refractivity contribution >= 4 is 16.8 Å². The number of hydrogen-bond donors (Lipinski definition) is 0. The third kappa shape index (κ3) is 2.16. The normalized spacial score (nSPS) is 17.2. The highest BCUT2D eigenvalue weighted by Gasteiger charge is 2.24. The molecular weight excluding hydrogens is 266 g/mol. The Morgan fingerprint density at radius 2 is 1.45 bits per heavy atom. The molecule has 0 N–H and O–H groups in total. The van der Waals surface area contributed by atoms with Crippen LogP contribution in [0.3, 0.4) is 0 Å². The van der Waals surface area contributed by atoms with Crippen LogP contribution in [0.4, 0.5) is 5.69 Å². The number of nitrogens with zero attached hydrogens (tertiary/aromatic N) is 1. The van der Waals surface area contributed by atoms with E-state index in [4.69, 9.17) is 0 Å². The molecule has 1 heterocycles. The second-order valence-corrected chi connectivity index (χ2v) is 6.35. The van der Waals surface area contributed by atoms with E-state index in [0.29, 0.717) is 0 Å². The minimum Gasteiger partial charge on any atom is -0.367 e. The maximum absolute atomic E-state index is 2.52. The van der Waals surface area contributed by atoms with Gasteiger partial charge in [0, 0.05) is 24.3 Å². The van der Waals surface area contributed by atoms with E-state index >= 15 is 0 Å². The van der Waals surface area contributed by atoms with Crippen LogP contribution >= 0.6 is 0 Å². The highest BCUT2D eigenvalue weighted by atomic mass is 15.1. The molecule has 1 aliphatic heterocycles. The van der Waals surface area contributed by atoms with Crippen molar-refractivity contribution in [2.24, 2.45) is 0 Å². The van der Waals surface area contributed by atoms with Crippen molar-refractivity contribution in [3.05, 3.63) is 65.2 Å². The Balaban J connectivity index is 2.02. The first kappa shape index (κ1) is 13.6. The summed E-state index contributed by atoms with van der Waals surface area (Å²) >= 11 is 0. The molecule has 22 heavy (non-hydrogen) atoms. The van der Waals surface area contributed by atoms with Crippen molar-refractivity contribution < 1.29 is 0 Å². The summed E-state index contributed by atoms with van der Waals surface area (Å²) < 4.78 is 0. The molecule has 0 aromatic heterocycles. The molecule has 4 rings (SSSR count). The Kier molecular flexibility index (Phi) is 3.49. The molecule has 0 saturated carbocycles. The van der Waals surface area contributed by atoms with Gasteiger partial charge in [0.1, 0.15) is 0 Å².